The van der Waals surface area contributed by atoms with Gasteiger partial charge in [0.05, 0.1) is 9.80 Å². The molecule has 8 heteroatoms. The standard InChI is InChI=1S/C21H21N3O3S2/c1-4-14-24-20(25)19(15-16-10-12-17(13-11-16)23(2)3)28-21(24)22-29(26,27)18-8-6-5-7-9-18/h4-13,15H,1,14H2,2-3H3/b19-15+,22-21?. The molecular formula is C21H21N3O3S2. The second kappa shape index (κ2) is 8.67. The number of rotatable bonds is 6. The van der Waals surface area contributed by atoms with Gasteiger partial charge in [0.2, 0.25) is 0 Å². The molecule has 0 atom stereocenters. The van der Waals surface area contributed by atoms with Crippen molar-refractivity contribution < 1.29 is 13.2 Å². The van der Waals surface area contributed by atoms with Crippen LogP contribution in [-0.4, -0.2) is 45.0 Å². The summed E-state index contributed by atoms with van der Waals surface area (Å²) in [7, 11) is -0.0210. The lowest BCUT2D eigenvalue weighted by molar-refractivity contribution is -0.121. The Hall–Kier alpha value is -2.84. The Morgan fingerprint density at radius 1 is 1.10 bits per heavy atom. The van der Waals surface area contributed by atoms with Gasteiger partial charge in [0, 0.05) is 26.3 Å². The first-order valence-corrected chi connectivity index (χ1v) is 11.1. The van der Waals surface area contributed by atoms with Crippen molar-refractivity contribution >= 4 is 44.6 Å². The number of thioether (sulfide) groups is 1. The van der Waals surface area contributed by atoms with Crippen LogP contribution in [0.4, 0.5) is 5.69 Å². The first kappa shape index (κ1) is 20.9. The molecule has 1 aliphatic rings. The number of amidine groups is 1. The van der Waals surface area contributed by atoms with Gasteiger partial charge >= 0.3 is 0 Å². The molecule has 2 aromatic rings. The van der Waals surface area contributed by atoms with Crippen molar-refractivity contribution in [3.05, 3.63) is 77.7 Å². The second-order valence-corrected chi connectivity index (χ2v) is 9.08. The molecule has 1 aliphatic heterocycles. The fourth-order valence-corrected chi connectivity index (χ4v) is 4.85. The van der Waals surface area contributed by atoms with Gasteiger partial charge in [-0.05, 0) is 47.7 Å². The molecule has 0 spiro atoms. The molecule has 0 unspecified atom stereocenters. The average Bonchev–Trinajstić information content (AvgIpc) is 2.97. The number of carbonyl (C=O) groups is 1. The SMILES string of the molecule is C=CCN1C(=O)/C(=C\c2ccc(N(C)C)cc2)SC1=NS(=O)(=O)c1ccccc1. The van der Waals surface area contributed by atoms with E-state index < -0.39 is 10.0 Å². The first-order valence-electron chi connectivity index (χ1n) is 8.81. The first-order chi connectivity index (χ1) is 13.8. The number of hydrogen-bond donors (Lipinski definition) is 0. The molecule has 29 heavy (non-hydrogen) atoms. The molecule has 0 N–H and O–H groups in total. The molecule has 0 bridgehead atoms. The summed E-state index contributed by atoms with van der Waals surface area (Å²) in [6.45, 7) is 3.82. The lowest BCUT2D eigenvalue weighted by atomic mass is 10.2. The lowest BCUT2D eigenvalue weighted by Crippen LogP contribution is -2.29. The fraction of sp³-hybridized carbons (Fsp3) is 0.143. The maximum Gasteiger partial charge on any atom is 0.284 e. The number of amides is 1. The molecule has 3 rings (SSSR count). The highest BCUT2D eigenvalue weighted by atomic mass is 32.2. The van der Waals surface area contributed by atoms with E-state index in [0.717, 1.165) is 23.0 Å². The van der Waals surface area contributed by atoms with Crippen LogP contribution >= 0.6 is 11.8 Å². The van der Waals surface area contributed by atoms with Gasteiger partial charge in [-0.25, -0.2) is 0 Å². The number of anilines is 1. The minimum absolute atomic E-state index is 0.0794. The maximum atomic E-state index is 12.8. The Bertz CT molecular complexity index is 1070. The summed E-state index contributed by atoms with van der Waals surface area (Å²) in [5, 5.41) is 0.120. The van der Waals surface area contributed by atoms with Crippen molar-refractivity contribution in [3.8, 4) is 0 Å². The van der Waals surface area contributed by atoms with E-state index in [2.05, 4.69) is 11.0 Å². The Morgan fingerprint density at radius 3 is 2.34 bits per heavy atom. The second-order valence-electron chi connectivity index (χ2n) is 6.46. The zero-order valence-electron chi connectivity index (χ0n) is 16.1. The van der Waals surface area contributed by atoms with Crippen LogP contribution in [0.1, 0.15) is 5.56 Å². The van der Waals surface area contributed by atoms with E-state index in [1.54, 1.807) is 24.3 Å². The van der Waals surface area contributed by atoms with Gasteiger partial charge < -0.3 is 4.90 Å². The molecule has 1 saturated heterocycles. The third kappa shape index (κ3) is 4.78. The quantitative estimate of drug-likeness (QED) is 0.520. The molecule has 0 radical (unpaired) electrons. The minimum Gasteiger partial charge on any atom is -0.378 e. The van der Waals surface area contributed by atoms with Gasteiger partial charge in [0.25, 0.3) is 15.9 Å². The zero-order valence-corrected chi connectivity index (χ0v) is 17.8. The molecule has 1 amide bonds. The van der Waals surface area contributed by atoms with E-state index in [-0.39, 0.29) is 22.5 Å². The van der Waals surface area contributed by atoms with Crippen LogP contribution in [0.2, 0.25) is 0 Å². The van der Waals surface area contributed by atoms with E-state index in [0.29, 0.717) is 4.91 Å². The number of hydrogen-bond acceptors (Lipinski definition) is 5. The molecule has 0 aliphatic carbocycles. The molecule has 150 valence electrons. The van der Waals surface area contributed by atoms with Crippen molar-refractivity contribution in [1.82, 2.24) is 4.90 Å². The summed E-state index contributed by atoms with van der Waals surface area (Å²) < 4.78 is 29.2. The molecule has 0 aromatic heterocycles. The highest BCUT2D eigenvalue weighted by molar-refractivity contribution is 8.19. The monoisotopic (exact) mass is 427 g/mol. The normalized spacial score (nSPS) is 17.2. The topological polar surface area (TPSA) is 70.1 Å². The number of benzene rings is 2. The summed E-state index contributed by atoms with van der Waals surface area (Å²) in [5.74, 6) is -0.298. The molecule has 2 aromatic carbocycles. The van der Waals surface area contributed by atoms with Crippen molar-refractivity contribution in [2.45, 2.75) is 4.90 Å². The predicted molar refractivity (Wildman–Crippen MR) is 119 cm³/mol. The summed E-state index contributed by atoms with van der Waals surface area (Å²) in [6, 6.07) is 15.7. The summed E-state index contributed by atoms with van der Waals surface area (Å²) in [5.41, 5.74) is 1.89. The van der Waals surface area contributed by atoms with E-state index in [9.17, 15) is 13.2 Å². The largest absolute Gasteiger partial charge is 0.378 e. The Kier molecular flexibility index (Phi) is 6.24. The smallest absolute Gasteiger partial charge is 0.284 e. The van der Waals surface area contributed by atoms with E-state index in [4.69, 9.17) is 0 Å². The van der Waals surface area contributed by atoms with Gasteiger partial charge in [-0.15, -0.1) is 11.0 Å². The summed E-state index contributed by atoms with van der Waals surface area (Å²) in [4.78, 5) is 16.6. The summed E-state index contributed by atoms with van der Waals surface area (Å²) in [6.07, 6.45) is 3.28. The molecule has 0 saturated carbocycles. The predicted octanol–water partition coefficient (Wildman–Crippen LogP) is 3.60. The van der Waals surface area contributed by atoms with Gasteiger partial charge in [0.15, 0.2) is 5.17 Å². The highest BCUT2D eigenvalue weighted by Crippen LogP contribution is 2.33. The van der Waals surface area contributed by atoms with Crippen LogP contribution in [0.5, 0.6) is 0 Å². The third-order valence-corrected chi connectivity index (χ3v) is 6.55. The van der Waals surface area contributed by atoms with Crippen molar-refractivity contribution in [2.75, 3.05) is 25.5 Å². The van der Waals surface area contributed by atoms with E-state index in [1.807, 2.05) is 43.3 Å². The van der Waals surface area contributed by atoms with Crippen LogP contribution in [0.25, 0.3) is 6.08 Å². The van der Waals surface area contributed by atoms with Gasteiger partial charge in [-0.2, -0.15) is 8.42 Å². The molecule has 1 heterocycles. The van der Waals surface area contributed by atoms with Crippen molar-refractivity contribution in [1.29, 1.82) is 0 Å². The fourth-order valence-electron chi connectivity index (χ4n) is 2.63. The lowest BCUT2D eigenvalue weighted by Gasteiger charge is -2.12. The van der Waals surface area contributed by atoms with Gasteiger partial charge in [-0.3, -0.25) is 9.69 Å². The van der Waals surface area contributed by atoms with Gasteiger partial charge in [0.1, 0.15) is 0 Å². The summed E-state index contributed by atoms with van der Waals surface area (Å²) >= 11 is 1.04. The molecule has 1 fully saturated rings. The Balaban J connectivity index is 1.95. The number of sulfonamides is 1. The number of carbonyl (C=O) groups excluding carboxylic acids is 1. The Labute approximate surface area is 175 Å². The van der Waals surface area contributed by atoms with Crippen LogP contribution < -0.4 is 4.90 Å². The van der Waals surface area contributed by atoms with E-state index in [1.165, 1.54) is 23.1 Å². The van der Waals surface area contributed by atoms with Crippen molar-refractivity contribution in [2.24, 2.45) is 4.40 Å². The third-order valence-electron chi connectivity index (χ3n) is 4.15. The highest BCUT2D eigenvalue weighted by Gasteiger charge is 2.34. The number of nitrogens with zero attached hydrogens (tertiary/aromatic N) is 3. The van der Waals surface area contributed by atoms with Crippen molar-refractivity contribution in [3.63, 3.8) is 0 Å². The average molecular weight is 428 g/mol. The zero-order chi connectivity index (χ0) is 21.0. The molecular weight excluding hydrogens is 406 g/mol. The van der Waals surface area contributed by atoms with Crippen LogP contribution in [-0.2, 0) is 14.8 Å². The molecule has 6 nitrogen and oxygen atoms in total. The van der Waals surface area contributed by atoms with Crippen LogP contribution in [0, 0.1) is 0 Å². The maximum absolute atomic E-state index is 12.8. The minimum atomic E-state index is -3.92. The van der Waals surface area contributed by atoms with Crippen LogP contribution in [0.15, 0.2) is 81.5 Å². The van der Waals surface area contributed by atoms with Crippen LogP contribution in [0.3, 0.4) is 0 Å². The van der Waals surface area contributed by atoms with Gasteiger partial charge in [-0.1, -0.05) is 36.4 Å². The van der Waals surface area contributed by atoms with E-state index >= 15 is 0 Å². The Morgan fingerprint density at radius 2 is 1.76 bits per heavy atom.